The summed E-state index contributed by atoms with van der Waals surface area (Å²) in [6, 6.07) is 8.93. The zero-order valence-corrected chi connectivity index (χ0v) is 18.5. The molecule has 0 aliphatic carbocycles. The molecule has 0 unspecified atom stereocenters. The number of hydrogen-bond acceptors (Lipinski definition) is 4. The Hall–Kier alpha value is -3.68. The minimum atomic E-state index is -0.175. The van der Waals surface area contributed by atoms with Crippen LogP contribution in [-0.4, -0.2) is 61.9 Å². The zero-order chi connectivity index (χ0) is 22.9. The SMILES string of the molecule is C=CC(=O)N1CC[C@@H](n2c(=O)n(-c3ccc(C(=O)N4CCCCC4)cc3)c3cnccc32)C1. The van der Waals surface area contributed by atoms with Crippen molar-refractivity contribution in [3.05, 3.63) is 71.4 Å². The van der Waals surface area contributed by atoms with Crippen LogP contribution in [0.1, 0.15) is 42.1 Å². The molecule has 2 saturated heterocycles. The molecule has 8 nitrogen and oxygen atoms in total. The predicted octanol–water partition coefficient (Wildman–Crippen LogP) is 2.77. The first-order valence-corrected chi connectivity index (χ1v) is 11.5. The first-order valence-electron chi connectivity index (χ1n) is 11.5. The molecule has 0 bridgehead atoms. The highest BCUT2D eigenvalue weighted by Crippen LogP contribution is 2.26. The number of nitrogens with zero attached hydrogens (tertiary/aromatic N) is 5. The first-order chi connectivity index (χ1) is 16.1. The number of rotatable bonds is 4. The summed E-state index contributed by atoms with van der Waals surface area (Å²) < 4.78 is 3.40. The van der Waals surface area contributed by atoms with Gasteiger partial charge in [-0.1, -0.05) is 6.58 Å². The molecule has 170 valence electrons. The van der Waals surface area contributed by atoms with Gasteiger partial charge in [-0.15, -0.1) is 0 Å². The third-order valence-corrected chi connectivity index (χ3v) is 6.71. The van der Waals surface area contributed by atoms with Crippen molar-refractivity contribution >= 4 is 22.8 Å². The Balaban J connectivity index is 1.50. The lowest BCUT2D eigenvalue weighted by molar-refractivity contribution is -0.125. The maximum absolute atomic E-state index is 13.6. The molecule has 2 aromatic heterocycles. The first kappa shape index (κ1) is 21.2. The molecule has 1 aromatic carbocycles. The van der Waals surface area contributed by atoms with Crippen molar-refractivity contribution in [1.82, 2.24) is 23.9 Å². The molecule has 1 atom stereocenters. The monoisotopic (exact) mass is 445 g/mol. The van der Waals surface area contributed by atoms with Crippen LogP contribution in [0.15, 0.2) is 60.2 Å². The maximum atomic E-state index is 13.6. The lowest BCUT2D eigenvalue weighted by Gasteiger charge is -2.26. The molecule has 8 heteroatoms. The lowest BCUT2D eigenvalue weighted by Crippen LogP contribution is -2.35. The Morgan fingerprint density at radius 2 is 1.73 bits per heavy atom. The quantitative estimate of drug-likeness (QED) is 0.579. The van der Waals surface area contributed by atoms with Gasteiger partial charge in [0.15, 0.2) is 0 Å². The van der Waals surface area contributed by atoms with Gasteiger partial charge in [0.1, 0.15) is 0 Å². The van der Waals surface area contributed by atoms with E-state index in [-0.39, 0.29) is 23.5 Å². The standard InChI is InChI=1S/C25H27N5O3/c1-2-23(31)28-15-11-20(17-28)30-21-10-12-26-16-22(21)29(25(30)33)19-8-6-18(7-9-19)24(32)27-13-4-3-5-14-27/h2,6-10,12,16,20H,1,3-5,11,13-15,17H2/t20-/m1/s1. The van der Waals surface area contributed by atoms with E-state index in [9.17, 15) is 14.4 Å². The van der Waals surface area contributed by atoms with Crippen LogP contribution >= 0.6 is 0 Å². The topological polar surface area (TPSA) is 80.4 Å². The molecule has 4 heterocycles. The molecule has 2 aliphatic heterocycles. The summed E-state index contributed by atoms with van der Waals surface area (Å²) in [5.41, 5.74) is 2.62. The van der Waals surface area contributed by atoms with E-state index in [4.69, 9.17) is 0 Å². The van der Waals surface area contributed by atoms with Crippen LogP contribution < -0.4 is 5.69 Å². The van der Waals surface area contributed by atoms with Crippen molar-refractivity contribution in [2.75, 3.05) is 26.2 Å². The number of fused-ring (bicyclic) bond motifs is 1. The largest absolute Gasteiger partial charge is 0.339 e. The van der Waals surface area contributed by atoms with E-state index in [0.717, 1.165) is 31.4 Å². The number of carbonyl (C=O) groups is 2. The van der Waals surface area contributed by atoms with Crippen molar-refractivity contribution in [1.29, 1.82) is 0 Å². The molecule has 2 amide bonds. The Bertz CT molecular complexity index is 1270. The fourth-order valence-electron chi connectivity index (χ4n) is 4.99. The minimum absolute atomic E-state index is 0.0376. The normalized spacial score (nSPS) is 18.6. The minimum Gasteiger partial charge on any atom is -0.339 e. The van der Waals surface area contributed by atoms with Gasteiger partial charge in [0.2, 0.25) is 5.91 Å². The molecule has 2 fully saturated rings. The summed E-state index contributed by atoms with van der Waals surface area (Å²) in [6.45, 7) is 6.22. The van der Waals surface area contributed by atoms with Crippen molar-refractivity contribution in [2.45, 2.75) is 31.7 Å². The van der Waals surface area contributed by atoms with E-state index in [2.05, 4.69) is 11.6 Å². The van der Waals surface area contributed by atoms with E-state index in [1.165, 1.54) is 12.5 Å². The molecule has 33 heavy (non-hydrogen) atoms. The second-order valence-electron chi connectivity index (χ2n) is 8.68. The molecular formula is C25H27N5O3. The molecule has 0 spiro atoms. The van der Waals surface area contributed by atoms with Crippen LogP contribution in [0.4, 0.5) is 0 Å². The van der Waals surface area contributed by atoms with Gasteiger partial charge in [-0.25, -0.2) is 4.79 Å². The van der Waals surface area contributed by atoms with Crippen LogP contribution in [0.5, 0.6) is 0 Å². The van der Waals surface area contributed by atoms with Gasteiger partial charge < -0.3 is 9.80 Å². The maximum Gasteiger partial charge on any atom is 0.334 e. The highest BCUT2D eigenvalue weighted by atomic mass is 16.2. The molecular weight excluding hydrogens is 418 g/mol. The predicted molar refractivity (Wildman–Crippen MR) is 126 cm³/mol. The molecule has 5 rings (SSSR count). The van der Waals surface area contributed by atoms with Crippen LogP contribution in [-0.2, 0) is 4.79 Å². The van der Waals surface area contributed by atoms with Crippen LogP contribution in [0, 0.1) is 0 Å². The van der Waals surface area contributed by atoms with E-state index in [1.807, 2.05) is 23.1 Å². The summed E-state index contributed by atoms with van der Waals surface area (Å²) in [7, 11) is 0. The van der Waals surface area contributed by atoms with E-state index < -0.39 is 0 Å². The number of imidazole rings is 1. The number of likely N-dealkylation sites (tertiary alicyclic amines) is 2. The van der Waals surface area contributed by atoms with Gasteiger partial charge >= 0.3 is 5.69 Å². The average Bonchev–Trinajstić information content (AvgIpc) is 3.46. The second kappa shape index (κ2) is 8.69. The fourth-order valence-corrected chi connectivity index (χ4v) is 4.99. The third kappa shape index (κ3) is 3.75. The number of aromatic nitrogens is 3. The van der Waals surface area contributed by atoms with Crippen molar-refractivity contribution in [2.24, 2.45) is 0 Å². The van der Waals surface area contributed by atoms with Gasteiger partial charge in [-0.2, -0.15) is 0 Å². The second-order valence-corrected chi connectivity index (χ2v) is 8.68. The highest BCUT2D eigenvalue weighted by molar-refractivity contribution is 5.94. The lowest BCUT2D eigenvalue weighted by atomic mass is 10.1. The Labute approximate surface area is 191 Å². The van der Waals surface area contributed by atoms with E-state index >= 15 is 0 Å². The molecule has 2 aliphatic rings. The number of hydrogen-bond donors (Lipinski definition) is 0. The summed E-state index contributed by atoms with van der Waals surface area (Å²) in [4.78, 5) is 46.3. The van der Waals surface area contributed by atoms with Gasteiger partial charge in [-0.05, 0) is 62.1 Å². The molecule has 3 aromatic rings. The summed E-state index contributed by atoms with van der Waals surface area (Å²) >= 11 is 0. The number of piperidine rings is 1. The van der Waals surface area contributed by atoms with Crippen molar-refractivity contribution in [3.8, 4) is 5.69 Å². The zero-order valence-electron chi connectivity index (χ0n) is 18.5. The van der Waals surface area contributed by atoms with Gasteiger partial charge in [0.05, 0.1) is 29.0 Å². The van der Waals surface area contributed by atoms with Gasteiger partial charge in [0, 0.05) is 37.9 Å². The summed E-state index contributed by atoms with van der Waals surface area (Å²) in [6.07, 6.45) is 8.62. The van der Waals surface area contributed by atoms with Gasteiger partial charge in [0.25, 0.3) is 5.91 Å². The average molecular weight is 446 g/mol. The number of amides is 2. The number of pyridine rings is 1. The highest BCUT2D eigenvalue weighted by Gasteiger charge is 2.30. The van der Waals surface area contributed by atoms with Crippen molar-refractivity contribution in [3.63, 3.8) is 0 Å². The van der Waals surface area contributed by atoms with Crippen LogP contribution in [0.2, 0.25) is 0 Å². The fraction of sp³-hybridized carbons (Fsp3) is 0.360. The van der Waals surface area contributed by atoms with Crippen LogP contribution in [0.3, 0.4) is 0 Å². The van der Waals surface area contributed by atoms with E-state index in [1.54, 1.807) is 38.6 Å². The van der Waals surface area contributed by atoms with E-state index in [0.29, 0.717) is 36.3 Å². The molecule has 0 saturated carbocycles. The third-order valence-electron chi connectivity index (χ3n) is 6.71. The van der Waals surface area contributed by atoms with Crippen molar-refractivity contribution < 1.29 is 9.59 Å². The summed E-state index contributed by atoms with van der Waals surface area (Å²) in [5.74, 6) is -0.0828. The van der Waals surface area contributed by atoms with Crippen LogP contribution in [0.25, 0.3) is 16.7 Å². The Morgan fingerprint density at radius 1 is 0.970 bits per heavy atom. The summed E-state index contributed by atoms with van der Waals surface area (Å²) in [5, 5.41) is 0. The Morgan fingerprint density at radius 3 is 2.45 bits per heavy atom. The smallest absolute Gasteiger partial charge is 0.334 e. The molecule has 0 radical (unpaired) electrons. The molecule has 0 N–H and O–H groups in total. The van der Waals surface area contributed by atoms with Gasteiger partial charge in [-0.3, -0.25) is 23.7 Å². The number of carbonyl (C=O) groups excluding carboxylic acids is 2. The number of benzene rings is 1. The Kier molecular flexibility index (Phi) is 5.58.